The number of phenolic OH excluding ortho intramolecular Hbond substituents is 3. The summed E-state index contributed by atoms with van der Waals surface area (Å²) < 4.78 is 6.43. The van der Waals surface area contributed by atoms with E-state index in [-0.39, 0.29) is 27.9 Å². The predicted octanol–water partition coefficient (Wildman–Crippen LogP) is 11.5. The van der Waals surface area contributed by atoms with Crippen LogP contribution in [0.2, 0.25) is 0 Å². The fourth-order valence-corrected chi connectivity index (χ4v) is 7.84. The van der Waals surface area contributed by atoms with Gasteiger partial charge in [0, 0.05) is 23.5 Å². The van der Waals surface area contributed by atoms with Crippen LogP contribution in [0.5, 0.6) is 23.0 Å². The van der Waals surface area contributed by atoms with E-state index in [4.69, 9.17) is 4.74 Å². The van der Waals surface area contributed by atoms with Crippen LogP contribution in [0.1, 0.15) is 150 Å². The first-order valence-corrected chi connectivity index (χ1v) is 18.4. The molecule has 0 spiro atoms. The highest BCUT2D eigenvalue weighted by molar-refractivity contribution is 5.54. The van der Waals surface area contributed by atoms with Crippen LogP contribution < -0.4 is 4.74 Å². The minimum atomic E-state index is -0.577. The molecular formula is C44H66O5. The standard InChI is InChI=1S/C22H32O2.C12H18O2.C10H16O/c1-7-10-21(3,4)15-12-18(23)20-16-11-14(2)8-9-17(16)22(5,6)24-19(20)13-15;1-4-5-12(2,3)9-6-10(13)8-11(14)7-9;1-8(2)9-4-6-10(3,11)7-5-9/h8,12-13,16-17,23H,7,9-11H2,1-6H3;6-8,13-14H,4-5H2,1-3H3;4,6,9,11H,1,5,7H2,2-3H3/t16-,17-;;9-,10?/m1.0/s1. The van der Waals surface area contributed by atoms with Crippen LogP contribution >= 0.6 is 0 Å². The maximum Gasteiger partial charge on any atom is 0.127 e. The quantitative estimate of drug-likeness (QED) is 0.219. The van der Waals surface area contributed by atoms with E-state index in [1.807, 2.05) is 26.0 Å². The molecule has 5 heteroatoms. The highest BCUT2D eigenvalue weighted by atomic mass is 16.5. The van der Waals surface area contributed by atoms with Crippen molar-refractivity contribution in [3.63, 3.8) is 0 Å². The van der Waals surface area contributed by atoms with Gasteiger partial charge in [0.15, 0.2) is 0 Å². The molecule has 0 fully saturated rings. The van der Waals surface area contributed by atoms with E-state index in [2.05, 4.69) is 87.1 Å². The zero-order valence-electron chi connectivity index (χ0n) is 32.4. The molecule has 0 bridgehead atoms. The number of rotatable bonds is 7. The number of aromatic hydroxyl groups is 3. The SMILES string of the molecule is C=C(C)[C@H]1C=CC(C)(O)CC1.CCCC(C)(C)c1cc(O)c2c(c1)OC(C)(C)[C@@H]1CC=C(C)C[C@@H]21.CCCC(C)(C)c1cc(O)cc(O)c1. The molecule has 4 N–H and O–H groups in total. The Morgan fingerprint density at radius 3 is 1.94 bits per heavy atom. The van der Waals surface area contributed by atoms with Crippen molar-refractivity contribution in [1.29, 1.82) is 0 Å². The molecule has 272 valence electrons. The number of allylic oxidation sites excluding steroid dienone is 4. The average molecular weight is 675 g/mol. The van der Waals surface area contributed by atoms with Crippen molar-refractivity contribution in [3.8, 4) is 23.0 Å². The number of hydrogen-bond donors (Lipinski definition) is 4. The zero-order valence-corrected chi connectivity index (χ0v) is 32.4. The number of benzene rings is 2. The minimum absolute atomic E-state index is 0.00493. The fraction of sp³-hybridized carbons (Fsp3) is 0.591. The molecule has 0 amide bonds. The van der Waals surface area contributed by atoms with Crippen molar-refractivity contribution < 1.29 is 25.2 Å². The van der Waals surface area contributed by atoms with Gasteiger partial charge in [0.1, 0.15) is 28.6 Å². The van der Waals surface area contributed by atoms with E-state index >= 15 is 0 Å². The molecular weight excluding hydrogens is 608 g/mol. The largest absolute Gasteiger partial charge is 0.508 e. The highest BCUT2D eigenvalue weighted by Gasteiger charge is 2.46. The third kappa shape index (κ3) is 10.4. The summed E-state index contributed by atoms with van der Waals surface area (Å²) in [6, 6.07) is 8.97. The summed E-state index contributed by atoms with van der Waals surface area (Å²) in [6.45, 7) is 27.4. The Hall–Kier alpha value is -3.18. The predicted molar refractivity (Wildman–Crippen MR) is 205 cm³/mol. The van der Waals surface area contributed by atoms with Crippen molar-refractivity contribution in [2.24, 2.45) is 11.8 Å². The molecule has 0 saturated heterocycles. The first kappa shape index (κ1) is 40.3. The number of hydrogen-bond acceptors (Lipinski definition) is 5. The van der Waals surface area contributed by atoms with Crippen molar-refractivity contribution in [1.82, 2.24) is 0 Å². The Labute approximate surface area is 297 Å². The summed E-state index contributed by atoms with van der Waals surface area (Å²) in [5.41, 5.74) is 5.09. The van der Waals surface area contributed by atoms with Crippen LogP contribution in [0.15, 0.2) is 66.3 Å². The van der Waals surface area contributed by atoms with Gasteiger partial charge in [-0.15, -0.1) is 0 Å². The summed E-state index contributed by atoms with van der Waals surface area (Å²) in [7, 11) is 0. The van der Waals surface area contributed by atoms with Gasteiger partial charge in [-0.25, -0.2) is 0 Å². The molecule has 0 radical (unpaired) electrons. The molecule has 3 aliphatic rings. The van der Waals surface area contributed by atoms with Crippen molar-refractivity contribution >= 4 is 0 Å². The van der Waals surface area contributed by atoms with Crippen LogP contribution in [-0.2, 0) is 10.8 Å². The summed E-state index contributed by atoms with van der Waals surface area (Å²) in [4.78, 5) is 0. The Balaban J connectivity index is 0.000000221. The van der Waals surface area contributed by atoms with Crippen molar-refractivity contribution in [2.75, 3.05) is 0 Å². The molecule has 1 heterocycles. The molecule has 49 heavy (non-hydrogen) atoms. The van der Waals surface area contributed by atoms with Crippen LogP contribution in [0, 0.1) is 11.8 Å². The molecule has 2 aromatic carbocycles. The molecule has 1 unspecified atom stereocenters. The summed E-state index contributed by atoms with van der Waals surface area (Å²) in [5, 5.41) is 39.2. The Kier molecular flexibility index (Phi) is 13.0. The van der Waals surface area contributed by atoms with Crippen LogP contribution in [0.4, 0.5) is 0 Å². The van der Waals surface area contributed by atoms with E-state index in [1.54, 1.807) is 12.1 Å². The van der Waals surface area contributed by atoms with Gasteiger partial charge in [-0.05, 0) is 125 Å². The molecule has 0 saturated carbocycles. The lowest BCUT2D eigenvalue weighted by molar-refractivity contribution is 0.00741. The number of fused-ring (bicyclic) bond motifs is 3. The van der Waals surface area contributed by atoms with E-state index in [0.29, 0.717) is 23.5 Å². The van der Waals surface area contributed by atoms with Gasteiger partial charge in [-0.1, -0.05) is 90.3 Å². The van der Waals surface area contributed by atoms with E-state index < -0.39 is 5.60 Å². The average Bonchev–Trinajstić information content (AvgIpc) is 2.96. The Morgan fingerprint density at radius 2 is 1.45 bits per heavy atom. The van der Waals surface area contributed by atoms with Gasteiger partial charge in [-0.2, -0.15) is 0 Å². The van der Waals surface area contributed by atoms with Crippen molar-refractivity contribution in [2.45, 2.75) is 155 Å². The second-order valence-electron chi connectivity index (χ2n) is 17.0. The summed E-state index contributed by atoms with van der Waals surface area (Å²) >= 11 is 0. The fourth-order valence-electron chi connectivity index (χ4n) is 7.84. The highest BCUT2D eigenvalue weighted by Crippen LogP contribution is 2.55. The third-order valence-electron chi connectivity index (χ3n) is 11.0. The lowest BCUT2D eigenvalue weighted by Crippen LogP contribution is -2.45. The van der Waals surface area contributed by atoms with Crippen LogP contribution in [-0.4, -0.2) is 31.6 Å². The van der Waals surface area contributed by atoms with Crippen LogP contribution in [0.3, 0.4) is 0 Å². The van der Waals surface area contributed by atoms with E-state index in [0.717, 1.165) is 68.2 Å². The molecule has 2 aliphatic carbocycles. The number of ether oxygens (including phenoxy) is 1. The zero-order chi connectivity index (χ0) is 36.9. The van der Waals surface area contributed by atoms with Gasteiger partial charge >= 0.3 is 0 Å². The Bertz CT molecular complexity index is 1490. The van der Waals surface area contributed by atoms with Gasteiger partial charge in [0.25, 0.3) is 0 Å². The lowest BCUT2D eigenvalue weighted by Gasteiger charge is -2.47. The van der Waals surface area contributed by atoms with Gasteiger partial charge in [0.2, 0.25) is 0 Å². The summed E-state index contributed by atoms with van der Waals surface area (Å²) in [6.07, 6.45) is 14.6. The molecule has 5 nitrogen and oxygen atoms in total. The second kappa shape index (κ2) is 15.8. The topological polar surface area (TPSA) is 90.2 Å². The minimum Gasteiger partial charge on any atom is -0.508 e. The molecule has 5 rings (SSSR count). The Morgan fingerprint density at radius 1 is 0.898 bits per heavy atom. The van der Waals surface area contributed by atoms with Crippen molar-refractivity contribution in [3.05, 3.63) is 83.0 Å². The number of phenols is 3. The first-order chi connectivity index (χ1) is 22.6. The van der Waals surface area contributed by atoms with Gasteiger partial charge < -0.3 is 25.2 Å². The normalized spacial score (nSPS) is 24.1. The molecule has 0 aromatic heterocycles. The lowest BCUT2D eigenvalue weighted by atomic mass is 9.66. The van der Waals surface area contributed by atoms with Crippen LogP contribution in [0.25, 0.3) is 0 Å². The maximum atomic E-state index is 10.9. The molecule has 4 atom stereocenters. The van der Waals surface area contributed by atoms with E-state index in [9.17, 15) is 20.4 Å². The first-order valence-electron chi connectivity index (χ1n) is 18.4. The molecule has 1 aliphatic heterocycles. The molecule has 2 aromatic rings. The third-order valence-corrected chi connectivity index (χ3v) is 11.0. The summed E-state index contributed by atoms with van der Waals surface area (Å²) in [5.74, 6) is 2.84. The maximum absolute atomic E-state index is 10.9. The van der Waals surface area contributed by atoms with E-state index in [1.165, 1.54) is 22.8 Å². The number of aliphatic hydroxyl groups is 1. The van der Waals surface area contributed by atoms with Gasteiger partial charge in [-0.3, -0.25) is 0 Å². The monoisotopic (exact) mass is 674 g/mol. The van der Waals surface area contributed by atoms with Gasteiger partial charge in [0.05, 0.1) is 5.60 Å². The smallest absolute Gasteiger partial charge is 0.127 e. The second-order valence-corrected chi connectivity index (χ2v) is 17.0.